The van der Waals surface area contributed by atoms with E-state index in [2.05, 4.69) is 15.9 Å². The summed E-state index contributed by atoms with van der Waals surface area (Å²) in [5.41, 5.74) is 0.817. The van der Waals surface area contributed by atoms with Crippen molar-refractivity contribution in [2.75, 3.05) is 0 Å². The maximum Gasteiger partial charge on any atom is 0.286 e. The van der Waals surface area contributed by atoms with Gasteiger partial charge in [-0.2, -0.15) is 0 Å². The summed E-state index contributed by atoms with van der Waals surface area (Å²) in [6.45, 7) is 5.71. The van der Waals surface area contributed by atoms with Gasteiger partial charge in [-0.3, -0.25) is 10.1 Å². The average molecular weight is 246 g/mol. The molecule has 0 radical (unpaired) electrons. The molecule has 1 rings (SSSR count). The smallest absolute Gasteiger partial charge is 0.258 e. The van der Waals surface area contributed by atoms with Crippen molar-refractivity contribution in [3.8, 4) is 0 Å². The maximum absolute atomic E-state index is 10.4. The number of hydrogen-bond donors (Lipinski definition) is 0. The Morgan fingerprint density at radius 1 is 1.38 bits per heavy atom. The average Bonchev–Trinajstić information content (AvgIpc) is 2.07. The molecular formula is C9H12BrNO2. The standard InChI is InChI=1S/C7H6BrNO2.C2H6/c1-5-3-2-4-6(8)7(5)9(10)11;1-2/h2-4H,1H3;1-2H3. The van der Waals surface area contributed by atoms with Gasteiger partial charge in [0.1, 0.15) is 0 Å². The van der Waals surface area contributed by atoms with Crippen molar-refractivity contribution in [3.63, 3.8) is 0 Å². The lowest BCUT2D eigenvalue weighted by Gasteiger charge is -1.97. The van der Waals surface area contributed by atoms with Crippen molar-refractivity contribution in [1.82, 2.24) is 0 Å². The molecule has 0 aliphatic carbocycles. The summed E-state index contributed by atoms with van der Waals surface area (Å²) in [5.74, 6) is 0. The first-order chi connectivity index (χ1) is 6.13. The lowest BCUT2D eigenvalue weighted by Crippen LogP contribution is -1.91. The van der Waals surface area contributed by atoms with E-state index in [-0.39, 0.29) is 10.6 Å². The molecule has 0 bridgehead atoms. The molecule has 1 aromatic rings. The molecular weight excluding hydrogens is 234 g/mol. The van der Waals surface area contributed by atoms with E-state index in [4.69, 9.17) is 0 Å². The zero-order valence-corrected chi connectivity index (χ0v) is 9.46. The SMILES string of the molecule is CC.Cc1cccc(Br)c1[N+](=O)[O-]. The van der Waals surface area contributed by atoms with Gasteiger partial charge in [-0.25, -0.2) is 0 Å². The van der Waals surface area contributed by atoms with Crippen LogP contribution in [0.15, 0.2) is 22.7 Å². The largest absolute Gasteiger partial charge is 0.286 e. The molecule has 0 unspecified atom stereocenters. The van der Waals surface area contributed by atoms with Crippen LogP contribution in [-0.4, -0.2) is 4.92 Å². The first kappa shape index (κ1) is 12.1. The molecule has 0 N–H and O–H groups in total. The molecule has 0 saturated heterocycles. The maximum atomic E-state index is 10.4. The van der Waals surface area contributed by atoms with Crippen LogP contribution in [0.1, 0.15) is 19.4 Å². The number of aryl methyl sites for hydroxylation is 1. The molecule has 0 aliphatic heterocycles. The van der Waals surface area contributed by atoms with Crippen molar-refractivity contribution < 1.29 is 4.92 Å². The predicted octanol–water partition coefficient (Wildman–Crippen LogP) is 3.69. The number of nitro groups is 1. The monoisotopic (exact) mass is 245 g/mol. The summed E-state index contributed by atoms with van der Waals surface area (Å²) >= 11 is 3.11. The molecule has 0 spiro atoms. The van der Waals surface area contributed by atoms with Gasteiger partial charge in [-0.1, -0.05) is 26.0 Å². The first-order valence-corrected chi connectivity index (χ1v) is 4.81. The Labute approximate surface area is 86.1 Å². The Morgan fingerprint density at radius 2 is 1.92 bits per heavy atom. The van der Waals surface area contributed by atoms with Crippen LogP contribution >= 0.6 is 15.9 Å². The van der Waals surface area contributed by atoms with Gasteiger partial charge in [0.15, 0.2) is 0 Å². The van der Waals surface area contributed by atoms with Gasteiger partial charge in [0.25, 0.3) is 5.69 Å². The summed E-state index contributed by atoms with van der Waals surface area (Å²) in [5, 5.41) is 10.4. The van der Waals surface area contributed by atoms with Crippen LogP contribution in [0.25, 0.3) is 0 Å². The van der Waals surface area contributed by atoms with Gasteiger partial charge in [0.05, 0.1) is 9.40 Å². The second kappa shape index (κ2) is 5.70. The fourth-order valence-corrected chi connectivity index (χ4v) is 1.46. The van der Waals surface area contributed by atoms with Gasteiger partial charge in [-0.15, -0.1) is 0 Å². The molecule has 0 amide bonds. The quantitative estimate of drug-likeness (QED) is 0.560. The normalized spacial score (nSPS) is 8.62. The number of hydrogen-bond acceptors (Lipinski definition) is 2. The van der Waals surface area contributed by atoms with Crippen LogP contribution in [-0.2, 0) is 0 Å². The molecule has 3 nitrogen and oxygen atoms in total. The number of nitro benzene ring substituents is 1. The molecule has 72 valence electrons. The van der Waals surface area contributed by atoms with E-state index in [9.17, 15) is 10.1 Å². The van der Waals surface area contributed by atoms with Gasteiger partial charge < -0.3 is 0 Å². The molecule has 0 atom stereocenters. The summed E-state index contributed by atoms with van der Waals surface area (Å²) in [6.07, 6.45) is 0. The van der Waals surface area contributed by atoms with Gasteiger partial charge >= 0.3 is 0 Å². The van der Waals surface area contributed by atoms with Crippen molar-refractivity contribution in [2.45, 2.75) is 20.8 Å². The molecule has 4 heteroatoms. The van der Waals surface area contributed by atoms with Gasteiger partial charge in [-0.05, 0) is 28.9 Å². The third kappa shape index (κ3) is 3.14. The van der Waals surface area contributed by atoms with Crippen molar-refractivity contribution in [1.29, 1.82) is 0 Å². The number of nitrogens with zero attached hydrogens (tertiary/aromatic N) is 1. The Bertz CT molecular complexity index is 279. The van der Waals surface area contributed by atoms with E-state index >= 15 is 0 Å². The molecule has 0 fully saturated rings. The number of para-hydroxylation sites is 1. The lowest BCUT2D eigenvalue weighted by molar-refractivity contribution is -0.386. The number of benzene rings is 1. The fourth-order valence-electron chi connectivity index (χ4n) is 0.854. The third-order valence-corrected chi connectivity index (χ3v) is 2.01. The second-order valence-corrected chi connectivity index (χ2v) is 3.02. The lowest BCUT2D eigenvalue weighted by atomic mass is 10.2. The van der Waals surface area contributed by atoms with Crippen molar-refractivity contribution >= 4 is 21.6 Å². The zero-order valence-electron chi connectivity index (χ0n) is 7.87. The Kier molecular flexibility index (Phi) is 5.30. The van der Waals surface area contributed by atoms with E-state index in [1.807, 2.05) is 13.8 Å². The topological polar surface area (TPSA) is 43.1 Å². The highest BCUT2D eigenvalue weighted by Crippen LogP contribution is 2.27. The highest BCUT2D eigenvalue weighted by Gasteiger charge is 2.13. The summed E-state index contributed by atoms with van der Waals surface area (Å²) in [7, 11) is 0. The van der Waals surface area contributed by atoms with E-state index in [0.29, 0.717) is 10.0 Å². The van der Waals surface area contributed by atoms with Gasteiger partial charge in [0, 0.05) is 5.56 Å². The minimum absolute atomic E-state index is 0.146. The predicted molar refractivity (Wildman–Crippen MR) is 56.9 cm³/mol. The number of halogens is 1. The molecule has 0 aromatic heterocycles. The van der Waals surface area contributed by atoms with Crippen LogP contribution in [0, 0.1) is 17.0 Å². The van der Waals surface area contributed by atoms with E-state index in [1.54, 1.807) is 25.1 Å². The van der Waals surface area contributed by atoms with E-state index in [0.717, 1.165) is 0 Å². The molecule has 0 heterocycles. The Hall–Kier alpha value is -0.900. The fraction of sp³-hybridized carbons (Fsp3) is 0.333. The molecule has 0 saturated carbocycles. The van der Waals surface area contributed by atoms with E-state index in [1.165, 1.54) is 0 Å². The second-order valence-electron chi connectivity index (χ2n) is 2.16. The van der Waals surface area contributed by atoms with Crippen molar-refractivity contribution in [3.05, 3.63) is 38.3 Å². The summed E-state index contributed by atoms with van der Waals surface area (Å²) < 4.78 is 0.530. The van der Waals surface area contributed by atoms with Crippen LogP contribution in [0.4, 0.5) is 5.69 Å². The molecule has 1 aromatic carbocycles. The summed E-state index contributed by atoms with van der Waals surface area (Å²) in [6, 6.07) is 5.14. The van der Waals surface area contributed by atoms with Crippen LogP contribution in [0.5, 0.6) is 0 Å². The highest BCUT2D eigenvalue weighted by atomic mass is 79.9. The Morgan fingerprint density at radius 3 is 2.23 bits per heavy atom. The molecule has 0 aliphatic rings. The molecule has 13 heavy (non-hydrogen) atoms. The van der Waals surface area contributed by atoms with Crippen molar-refractivity contribution in [2.24, 2.45) is 0 Å². The minimum atomic E-state index is -0.389. The zero-order chi connectivity index (χ0) is 10.4. The van der Waals surface area contributed by atoms with Crippen LogP contribution in [0.2, 0.25) is 0 Å². The van der Waals surface area contributed by atoms with Crippen LogP contribution in [0.3, 0.4) is 0 Å². The van der Waals surface area contributed by atoms with E-state index < -0.39 is 0 Å². The highest BCUT2D eigenvalue weighted by molar-refractivity contribution is 9.10. The Balaban J connectivity index is 0.000000671. The summed E-state index contributed by atoms with van der Waals surface area (Å²) in [4.78, 5) is 10.0. The van der Waals surface area contributed by atoms with Crippen LogP contribution < -0.4 is 0 Å². The minimum Gasteiger partial charge on any atom is -0.258 e. The third-order valence-electron chi connectivity index (χ3n) is 1.37. The van der Waals surface area contributed by atoms with Gasteiger partial charge in [0.2, 0.25) is 0 Å². The number of rotatable bonds is 1. The first-order valence-electron chi connectivity index (χ1n) is 4.02.